The lowest BCUT2D eigenvalue weighted by Gasteiger charge is -2.49. The van der Waals surface area contributed by atoms with Crippen molar-refractivity contribution in [3.8, 4) is 17.2 Å². The normalized spacial score (nSPS) is 16.1. The molecule has 3 aromatic carbocycles. The Bertz CT molecular complexity index is 1300. The fourth-order valence-electron chi connectivity index (χ4n) is 5.37. The summed E-state index contributed by atoms with van der Waals surface area (Å²) in [4.78, 5) is 30.8. The summed E-state index contributed by atoms with van der Waals surface area (Å²) >= 11 is 0. The van der Waals surface area contributed by atoms with Crippen LogP contribution < -0.4 is 14.2 Å². The predicted molar refractivity (Wildman–Crippen MR) is 147 cm³/mol. The second-order valence-corrected chi connectivity index (χ2v) is 9.87. The van der Waals surface area contributed by atoms with Gasteiger partial charge in [-0.3, -0.25) is 14.5 Å². The average Bonchev–Trinajstić information content (AvgIpc) is 3.35. The number of methoxy groups -OCH3 is 3. The number of amides is 1. The van der Waals surface area contributed by atoms with Gasteiger partial charge in [-0.05, 0) is 41.8 Å². The zero-order valence-corrected chi connectivity index (χ0v) is 22.6. The molecule has 0 atom stereocenters. The molecule has 2 heterocycles. The molecule has 0 saturated carbocycles. The van der Waals surface area contributed by atoms with E-state index in [4.69, 9.17) is 18.9 Å². The molecular formula is C31H34N2O6. The van der Waals surface area contributed by atoms with Crippen molar-refractivity contribution in [1.82, 2.24) is 9.80 Å². The van der Waals surface area contributed by atoms with Gasteiger partial charge in [-0.2, -0.15) is 0 Å². The van der Waals surface area contributed by atoms with Gasteiger partial charge in [-0.25, -0.2) is 0 Å². The van der Waals surface area contributed by atoms with E-state index in [1.165, 1.54) is 26.9 Å². The monoisotopic (exact) mass is 530 g/mol. The molecule has 2 saturated heterocycles. The summed E-state index contributed by atoms with van der Waals surface area (Å²) in [7, 11) is 4.58. The molecule has 0 N–H and O–H groups in total. The number of Topliss-reactive ketones (excluding diaryl/α,β-unsaturated/α-hetero) is 1. The second kappa shape index (κ2) is 11.5. The van der Waals surface area contributed by atoms with Crippen LogP contribution in [0, 0.1) is 0 Å². The van der Waals surface area contributed by atoms with E-state index in [2.05, 4.69) is 17.0 Å². The molecule has 0 bridgehead atoms. The van der Waals surface area contributed by atoms with E-state index in [9.17, 15) is 9.59 Å². The van der Waals surface area contributed by atoms with E-state index < -0.39 is 5.66 Å². The van der Waals surface area contributed by atoms with Gasteiger partial charge in [-0.1, -0.05) is 42.5 Å². The Morgan fingerprint density at radius 1 is 0.821 bits per heavy atom. The molecule has 8 nitrogen and oxygen atoms in total. The molecule has 0 aromatic heterocycles. The summed E-state index contributed by atoms with van der Waals surface area (Å²) in [5, 5.41) is 0. The number of rotatable bonds is 10. The first-order valence-electron chi connectivity index (χ1n) is 13.1. The summed E-state index contributed by atoms with van der Waals surface area (Å²) in [6.07, 6.45) is 0.864. The highest BCUT2D eigenvalue weighted by molar-refractivity contribution is 5.97. The summed E-state index contributed by atoms with van der Waals surface area (Å²) < 4.78 is 21.7. The van der Waals surface area contributed by atoms with Crippen LogP contribution in [-0.2, 0) is 17.7 Å². The van der Waals surface area contributed by atoms with Crippen molar-refractivity contribution < 1.29 is 28.5 Å². The molecule has 1 amide bonds. The Labute approximate surface area is 229 Å². The molecule has 2 aliphatic heterocycles. The van der Waals surface area contributed by atoms with Gasteiger partial charge in [0.05, 0.1) is 34.5 Å². The van der Waals surface area contributed by atoms with Crippen LogP contribution in [0.25, 0.3) is 0 Å². The third-order valence-electron chi connectivity index (χ3n) is 7.64. The largest absolute Gasteiger partial charge is 0.493 e. The second-order valence-electron chi connectivity index (χ2n) is 9.87. The van der Waals surface area contributed by atoms with Gasteiger partial charge in [0, 0.05) is 37.2 Å². The Morgan fingerprint density at radius 2 is 1.49 bits per heavy atom. The minimum absolute atomic E-state index is 0.00825. The molecule has 3 aromatic rings. The summed E-state index contributed by atoms with van der Waals surface area (Å²) in [6, 6.07) is 21.2. The molecule has 0 aliphatic carbocycles. The first kappa shape index (κ1) is 26.7. The van der Waals surface area contributed by atoms with Crippen molar-refractivity contribution in [2.75, 3.05) is 47.6 Å². The molecular weight excluding hydrogens is 496 g/mol. The summed E-state index contributed by atoms with van der Waals surface area (Å²) in [5.74, 6) is 1.32. The molecule has 39 heavy (non-hydrogen) atoms. The van der Waals surface area contributed by atoms with Gasteiger partial charge in [0.15, 0.2) is 17.3 Å². The molecule has 5 rings (SSSR count). The first-order chi connectivity index (χ1) is 19.0. The van der Waals surface area contributed by atoms with Crippen LogP contribution in [-0.4, -0.2) is 74.8 Å². The summed E-state index contributed by atoms with van der Waals surface area (Å²) in [5.41, 5.74) is 2.96. The Balaban J connectivity index is 1.23. The van der Waals surface area contributed by atoms with E-state index in [0.29, 0.717) is 61.0 Å². The lowest BCUT2D eigenvalue weighted by Crippen LogP contribution is -2.67. The molecule has 8 heteroatoms. The lowest BCUT2D eigenvalue weighted by molar-refractivity contribution is -0.176. The Hall–Kier alpha value is -3.88. The Kier molecular flexibility index (Phi) is 7.86. The predicted octanol–water partition coefficient (Wildman–Crippen LogP) is 4.21. The smallest absolute Gasteiger partial charge is 0.255 e. The maximum Gasteiger partial charge on any atom is 0.255 e. The van der Waals surface area contributed by atoms with Gasteiger partial charge in [0.25, 0.3) is 5.91 Å². The van der Waals surface area contributed by atoms with E-state index >= 15 is 0 Å². The van der Waals surface area contributed by atoms with E-state index in [1.807, 2.05) is 47.4 Å². The van der Waals surface area contributed by atoms with Gasteiger partial charge in [0.1, 0.15) is 5.66 Å². The van der Waals surface area contributed by atoms with Crippen molar-refractivity contribution in [1.29, 1.82) is 0 Å². The molecule has 0 radical (unpaired) electrons. The highest BCUT2D eigenvalue weighted by Crippen LogP contribution is 2.39. The topological polar surface area (TPSA) is 77.5 Å². The van der Waals surface area contributed by atoms with Gasteiger partial charge >= 0.3 is 0 Å². The minimum atomic E-state index is -0.390. The van der Waals surface area contributed by atoms with Crippen LogP contribution in [0.15, 0.2) is 66.7 Å². The number of ketones is 1. The Morgan fingerprint density at radius 3 is 2.05 bits per heavy atom. The highest BCUT2D eigenvalue weighted by Gasteiger charge is 2.54. The standard InChI is InChI=1S/C31H34N2O6/c1-36-27-17-25(18-28(37-2)29(27)38-3)26(34)14-11-22-9-12-24(13-10-22)30(35)33-16-15-32(31(33)20-39-21-31)19-23-7-5-4-6-8-23/h4-10,12-13,17-18H,11,14-16,19-21H2,1-3H3. The van der Waals surface area contributed by atoms with Crippen LogP contribution in [0.2, 0.25) is 0 Å². The third-order valence-corrected chi connectivity index (χ3v) is 7.64. The average molecular weight is 531 g/mol. The molecule has 0 unspecified atom stereocenters. The van der Waals surface area contributed by atoms with Gasteiger partial charge in [0.2, 0.25) is 5.75 Å². The van der Waals surface area contributed by atoms with Crippen LogP contribution in [0.5, 0.6) is 17.2 Å². The van der Waals surface area contributed by atoms with Crippen molar-refractivity contribution in [2.24, 2.45) is 0 Å². The number of benzene rings is 3. The van der Waals surface area contributed by atoms with Crippen LogP contribution in [0.3, 0.4) is 0 Å². The fraction of sp³-hybridized carbons (Fsp3) is 0.355. The quantitative estimate of drug-likeness (QED) is 0.364. The van der Waals surface area contributed by atoms with Crippen molar-refractivity contribution in [2.45, 2.75) is 25.0 Å². The summed E-state index contributed by atoms with van der Waals surface area (Å²) in [6.45, 7) is 3.30. The first-order valence-corrected chi connectivity index (χ1v) is 13.1. The molecule has 2 aliphatic rings. The van der Waals surface area contributed by atoms with Gasteiger partial charge < -0.3 is 23.8 Å². The number of carbonyl (C=O) groups excluding carboxylic acids is 2. The number of hydrogen-bond donors (Lipinski definition) is 0. The maximum atomic E-state index is 13.5. The number of aryl methyl sites for hydroxylation is 1. The zero-order valence-electron chi connectivity index (χ0n) is 22.6. The number of carbonyl (C=O) groups is 2. The van der Waals surface area contributed by atoms with Crippen molar-refractivity contribution >= 4 is 11.7 Å². The third kappa shape index (κ3) is 5.22. The highest BCUT2D eigenvalue weighted by atomic mass is 16.5. The van der Waals surface area contributed by atoms with E-state index in [1.54, 1.807) is 12.1 Å². The minimum Gasteiger partial charge on any atom is -0.493 e. The zero-order chi connectivity index (χ0) is 27.4. The lowest BCUT2D eigenvalue weighted by atomic mass is 10.00. The van der Waals surface area contributed by atoms with Gasteiger partial charge in [-0.15, -0.1) is 0 Å². The maximum absolute atomic E-state index is 13.5. The number of ether oxygens (including phenoxy) is 4. The molecule has 204 valence electrons. The van der Waals surface area contributed by atoms with Crippen LogP contribution in [0.4, 0.5) is 0 Å². The van der Waals surface area contributed by atoms with E-state index in [-0.39, 0.29) is 11.7 Å². The van der Waals surface area contributed by atoms with Crippen molar-refractivity contribution in [3.05, 3.63) is 89.0 Å². The fourth-order valence-corrected chi connectivity index (χ4v) is 5.37. The SMILES string of the molecule is COc1cc(C(=O)CCc2ccc(C(=O)N3CCN(Cc4ccccc4)C34COC4)cc2)cc(OC)c1OC. The van der Waals surface area contributed by atoms with Crippen molar-refractivity contribution in [3.63, 3.8) is 0 Å². The number of nitrogens with zero attached hydrogens (tertiary/aromatic N) is 2. The number of hydrogen-bond acceptors (Lipinski definition) is 7. The molecule has 2 fully saturated rings. The van der Waals surface area contributed by atoms with E-state index in [0.717, 1.165) is 18.7 Å². The van der Waals surface area contributed by atoms with Crippen LogP contribution >= 0.6 is 0 Å². The molecule has 1 spiro atoms. The van der Waals surface area contributed by atoms with Crippen LogP contribution in [0.1, 0.15) is 38.3 Å².